The molecule has 1 aliphatic heterocycles. The number of nitrogens with one attached hydrogen (secondary N) is 1. The van der Waals surface area contributed by atoms with Gasteiger partial charge in [-0.1, -0.05) is 12.8 Å². The maximum Gasteiger partial charge on any atom is 0.260 e. The van der Waals surface area contributed by atoms with Crippen LogP contribution in [0, 0.1) is 0 Å². The number of H-pyrrole nitrogens is 1. The number of hydrogen-bond acceptors (Lipinski definition) is 4. The monoisotopic (exact) mass is 273 g/mol. The minimum atomic E-state index is -3.58. The van der Waals surface area contributed by atoms with Gasteiger partial charge in [0.15, 0.2) is 5.03 Å². The summed E-state index contributed by atoms with van der Waals surface area (Å²) in [5, 5.41) is 15.4. The average Bonchev–Trinajstić information content (AvgIpc) is 2.72. The van der Waals surface area contributed by atoms with Gasteiger partial charge in [-0.25, -0.2) is 8.42 Å². The molecule has 0 radical (unpaired) electrons. The van der Waals surface area contributed by atoms with Gasteiger partial charge in [0, 0.05) is 18.2 Å². The van der Waals surface area contributed by atoms with Crippen molar-refractivity contribution in [3.8, 4) is 0 Å². The van der Waals surface area contributed by atoms with E-state index in [-0.39, 0.29) is 17.7 Å². The Morgan fingerprint density at radius 2 is 2.28 bits per heavy atom. The SMILES string of the molecule is CC1CCCCCN1S(=O)(=O)c1[nH]ncc1CO. The maximum atomic E-state index is 12.5. The molecule has 18 heavy (non-hydrogen) atoms. The molecule has 2 heterocycles. The molecule has 0 saturated carbocycles. The van der Waals surface area contributed by atoms with Crippen molar-refractivity contribution in [2.45, 2.75) is 50.3 Å². The highest BCUT2D eigenvalue weighted by Gasteiger charge is 2.32. The summed E-state index contributed by atoms with van der Waals surface area (Å²) in [6.45, 7) is 2.14. The molecule has 7 heteroatoms. The van der Waals surface area contributed by atoms with Crippen LogP contribution >= 0.6 is 0 Å². The van der Waals surface area contributed by atoms with Crippen LogP contribution < -0.4 is 0 Å². The molecule has 2 N–H and O–H groups in total. The Bertz CT molecular complexity index is 497. The summed E-state index contributed by atoms with van der Waals surface area (Å²) in [6.07, 6.45) is 5.23. The van der Waals surface area contributed by atoms with Crippen molar-refractivity contribution >= 4 is 10.0 Å². The zero-order valence-electron chi connectivity index (χ0n) is 10.5. The second kappa shape index (κ2) is 5.38. The highest BCUT2D eigenvalue weighted by Crippen LogP contribution is 2.25. The van der Waals surface area contributed by atoms with E-state index in [9.17, 15) is 8.42 Å². The van der Waals surface area contributed by atoms with Crippen molar-refractivity contribution in [1.82, 2.24) is 14.5 Å². The fourth-order valence-electron chi connectivity index (χ4n) is 2.36. The third kappa shape index (κ3) is 2.43. The molecular formula is C11H19N3O3S. The van der Waals surface area contributed by atoms with Gasteiger partial charge in [-0.15, -0.1) is 0 Å². The van der Waals surface area contributed by atoms with Crippen molar-refractivity contribution in [3.63, 3.8) is 0 Å². The van der Waals surface area contributed by atoms with Crippen LogP contribution in [0.15, 0.2) is 11.2 Å². The van der Waals surface area contributed by atoms with Crippen LogP contribution in [0.5, 0.6) is 0 Å². The van der Waals surface area contributed by atoms with E-state index in [1.165, 1.54) is 10.5 Å². The summed E-state index contributed by atoms with van der Waals surface area (Å²) < 4.78 is 26.6. The summed E-state index contributed by atoms with van der Waals surface area (Å²) in [4.78, 5) is 0. The number of aliphatic hydroxyl groups excluding tert-OH is 1. The molecule has 1 saturated heterocycles. The number of hydrogen-bond donors (Lipinski definition) is 2. The second-order valence-corrected chi connectivity index (χ2v) is 6.52. The molecule has 1 fully saturated rings. The van der Waals surface area contributed by atoms with Crippen molar-refractivity contribution in [2.24, 2.45) is 0 Å². The van der Waals surface area contributed by atoms with Gasteiger partial charge in [-0.3, -0.25) is 5.10 Å². The van der Waals surface area contributed by atoms with Gasteiger partial charge in [0.25, 0.3) is 10.0 Å². The Kier molecular flexibility index (Phi) is 4.04. The molecule has 6 nitrogen and oxygen atoms in total. The van der Waals surface area contributed by atoms with Crippen LogP contribution in [0.2, 0.25) is 0 Å². The van der Waals surface area contributed by atoms with Crippen LogP contribution in [-0.2, 0) is 16.6 Å². The van der Waals surface area contributed by atoms with E-state index in [0.29, 0.717) is 12.1 Å². The van der Waals surface area contributed by atoms with Crippen molar-refractivity contribution < 1.29 is 13.5 Å². The topological polar surface area (TPSA) is 86.3 Å². The molecule has 0 aliphatic carbocycles. The average molecular weight is 273 g/mol. The summed E-state index contributed by atoms with van der Waals surface area (Å²) in [7, 11) is -3.58. The minimum Gasteiger partial charge on any atom is -0.392 e. The van der Waals surface area contributed by atoms with Crippen molar-refractivity contribution in [3.05, 3.63) is 11.8 Å². The molecule has 1 atom stereocenters. The van der Waals surface area contributed by atoms with E-state index in [1.807, 2.05) is 6.92 Å². The first-order chi connectivity index (χ1) is 8.57. The smallest absolute Gasteiger partial charge is 0.260 e. The van der Waals surface area contributed by atoms with Gasteiger partial charge in [0.2, 0.25) is 0 Å². The van der Waals surface area contributed by atoms with Gasteiger partial charge in [0.1, 0.15) is 0 Å². The molecule has 1 unspecified atom stereocenters. The molecular weight excluding hydrogens is 254 g/mol. The Hall–Kier alpha value is -0.920. The largest absolute Gasteiger partial charge is 0.392 e. The lowest BCUT2D eigenvalue weighted by molar-refractivity contribution is 0.277. The quantitative estimate of drug-likeness (QED) is 0.855. The molecule has 1 aromatic rings. The molecule has 0 bridgehead atoms. The molecule has 0 amide bonds. The first kappa shape index (κ1) is 13.5. The minimum absolute atomic E-state index is 0.00709. The second-order valence-electron chi connectivity index (χ2n) is 4.70. The first-order valence-corrected chi connectivity index (χ1v) is 7.66. The summed E-state index contributed by atoms with van der Waals surface area (Å²) >= 11 is 0. The van der Waals surface area contributed by atoms with E-state index in [1.54, 1.807) is 0 Å². The summed E-state index contributed by atoms with van der Waals surface area (Å²) in [5.41, 5.74) is 0.325. The predicted molar refractivity (Wildman–Crippen MR) is 66.3 cm³/mol. The van der Waals surface area contributed by atoms with E-state index < -0.39 is 10.0 Å². The Morgan fingerprint density at radius 1 is 1.50 bits per heavy atom. The first-order valence-electron chi connectivity index (χ1n) is 6.22. The highest BCUT2D eigenvalue weighted by molar-refractivity contribution is 7.89. The lowest BCUT2D eigenvalue weighted by atomic mass is 10.1. The third-order valence-electron chi connectivity index (χ3n) is 3.41. The molecule has 102 valence electrons. The van der Waals surface area contributed by atoms with Crippen LogP contribution in [0.4, 0.5) is 0 Å². The van der Waals surface area contributed by atoms with Crippen LogP contribution in [0.3, 0.4) is 0 Å². The van der Waals surface area contributed by atoms with E-state index in [4.69, 9.17) is 5.11 Å². The van der Waals surface area contributed by atoms with Gasteiger partial charge in [-0.2, -0.15) is 9.40 Å². The molecule has 0 spiro atoms. The van der Waals surface area contributed by atoms with Crippen LogP contribution in [0.25, 0.3) is 0 Å². The molecule has 2 rings (SSSR count). The zero-order chi connectivity index (χ0) is 13.2. The third-order valence-corrected chi connectivity index (χ3v) is 5.44. The van der Waals surface area contributed by atoms with E-state index in [2.05, 4.69) is 10.2 Å². The molecule has 0 aromatic carbocycles. The van der Waals surface area contributed by atoms with Gasteiger partial charge >= 0.3 is 0 Å². The lowest BCUT2D eigenvalue weighted by Gasteiger charge is -2.25. The Balaban J connectivity index is 2.35. The number of sulfonamides is 1. The standard InChI is InChI=1S/C11H19N3O3S/c1-9-5-3-2-4-6-14(9)18(16,17)11-10(8-15)7-12-13-11/h7,9,15H,2-6,8H2,1H3,(H,12,13). The fraction of sp³-hybridized carbons (Fsp3) is 0.727. The van der Waals surface area contributed by atoms with Gasteiger partial charge in [0.05, 0.1) is 12.8 Å². The number of aliphatic hydroxyl groups is 1. The zero-order valence-corrected chi connectivity index (χ0v) is 11.3. The van der Waals surface area contributed by atoms with Crippen LogP contribution in [-0.4, -0.2) is 40.6 Å². The van der Waals surface area contributed by atoms with E-state index >= 15 is 0 Å². The fourth-order valence-corrected chi connectivity index (χ4v) is 4.16. The van der Waals surface area contributed by atoms with E-state index in [0.717, 1.165) is 25.7 Å². The molecule has 1 aromatic heterocycles. The number of rotatable bonds is 3. The summed E-state index contributed by atoms with van der Waals surface area (Å²) in [6, 6.07) is -0.00709. The lowest BCUT2D eigenvalue weighted by Crippen LogP contribution is -2.38. The predicted octanol–water partition coefficient (Wildman–Crippen LogP) is 0.855. The van der Waals surface area contributed by atoms with Crippen molar-refractivity contribution in [1.29, 1.82) is 0 Å². The number of nitrogens with zero attached hydrogens (tertiary/aromatic N) is 2. The van der Waals surface area contributed by atoms with Gasteiger partial charge in [-0.05, 0) is 19.8 Å². The maximum absolute atomic E-state index is 12.5. The van der Waals surface area contributed by atoms with Gasteiger partial charge < -0.3 is 5.11 Å². The highest BCUT2D eigenvalue weighted by atomic mass is 32.2. The Labute approximate surface area is 107 Å². The Morgan fingerprint density at radius 3 is 3.00 bits per heavy atom. The normalized spacial score (nSPS) is 22.9. The van der Waals surface area contributed by atoms with Crippen molar-refractivity contribution in [2.75, 3.05) is 6.54 Å². The van der Waals surface area contributed by atoms with Crippen LogP contribution in [0.1, 0.15) is 38.2 Å². The summed E-state index contributed by atoms with van der Waals surface area (Å²) in [5.74, 6) is 0. The number of aromatic nitrogens is 2. The number of aromatic amines is 1. The molecule has 1 aliphatic rings.